The van der Waals surface area contributed by atoms with Crippen LogP contribution in [0.4, 0.5) is 0 Å². The molecule has 102 valence electrons. The van der Waals surface area contributed by atoms with Crippen molar-refractivity contribution in [3.05, 3.63) is 28.8 Å². The monoisotopic (exact) mass is 278 g/mol. The minimum absolute atomic E-state index is 0.410. The van der Waals surface area contributed by atoms with Gasteiger partial charge in [0.25, 0.3) is 0 Å². The van der Waals surface area contributed by atoms with E-state index in [9.17, 15) is 5.11 Å². The van der Waals surface area contributed by atoms with E-state index in [0.717, 1.165) is 35.0 Å². The van der Waals surface area contributed by atoms with Crippen molar-refractivity contribution in [2.45, 2.75) is 25.4 Å². The van der Waals surface area contributed by atoms with Gasteiger partial charge >= 0.3 is 0 Å². The first-order valence-electron chi connectivity index (χ1n) is 7.22. The van der Waals surface area contributed by atoms with Crippen LogP contribution in [-0.4, -0.2) is 12.2 Å². The van der Waals surface area contributed by atoms with Crippen LogP contribution in [0.1, 0.15) is 30.9 Å². The predicted octanol–water partition coefficient (Wildman–Crippen LogP) is 3.67. The zero-order valence-electron chi connectivity index (χ0n) is 11.1. The lowest BCUT2D eigenvalue weighted by atomic mass is 9.94. The van der Waals surface area contributed by atoms with E-state index in [4.69, 9.17) is 16.3 Å². The molecule has 0 aliphatic heterocycles. The summed E-state index contributed by atoms with van der Waals surface area (Å²) >= 11 is 6.07. The highest BCUT2D eigenvalue weighted by Crippen LogP contribution is 2.72. The Balaban J connectivity index is 1.62. The fourth-order valence-corrected chi connectivity index (χ4v) is 5.14. The highest BCUT2D eigenvalue weighted by atomic mass is 35.5. The molecule has 4 rings (SSSR count). The first kappa shape index (κ1) is 12.0. The van der Waals surface area contributed by atoms with E-state index in [-0.39, 0.29) is 0 Å². The number of hydrogen-bond donors (Lipinski definition) is 1. The molecule has 3 aliphatic rings. The molecule has 0 spiro atoms. The predicted molar refractivity (Wildman–Crippen MR) is 74.3 cm³/mol. The van der Waals surface area contributed by atoms with Crippen molar-refractivity contribution < 1.29 is 9.84 Å². The largest absolute Gasteiger partial charge is 0.496 e. The van der Waals surface area contributed by atoms with Crippen molar-refractivity contribution in [3.63, 3.8) is 0 Å². The minimum Gasteiger partial charge on any atom is -0.496 e. The number of halogens is 1. The summed E-state index contributed by atoms with van der Waals surface area (Å²) in [4.78, 5) is 0. The maximum atomic E-state index is 10.7. The smallest absolute Gasteiger partial charge is 0.124 e. The summed E-state index contributed by atoms with van der Waals surface area (Å²) < 4.78 is 5.37. The number of benzene rings is 1. The van der Waals surface area contributed by atoms with Gasteiger partial charge in [0.2, 0.25) is 0 Å². The van der Waals surface area contributed by atoms with Gasteiger partial charge in [-0.3, -0.25) is 0 Å². The molecule has 5 unspecified atom stereocenters. The normalized spacial score (nSPS) is 40.1. The van der Waals surface area contributed by atoms with E-state index in [2.05, 4.69) is 0 Å². The summed E-state index contributed by atoms with van der Waals surface area (Å²) in [7, 11) is 1.65. The van der Waals surface area contributed by atoms with Gasteiger partial charge in [0.1, 0.15) is 5.75 Å². The maximum Gasteiger partial charge on any atom is 0.124 e. The zero-order valence-corrected chi connectivity index (χ0v) is 11.8. The Hall–Kier alpha value is -0.730. The van der Waals surface area contributed by atoms with Crippen LogP contribution in [0.5, 0.6) is 5.75 Å². The maximum absolute atomic E-state index is 10.7. The van der Waals surface area contributed by atoms with Crippen LogP contribution in [0.2, 0.25) is 5.02 Å². The Morgan fingerprint density at radius 2 is 1.95 bits per heavy atom. The molecule has 5 atom stereocenters. The molecule has 1 aromatic carbocycles. The molecule has 3 saturated carbocycles. The third-order valence-electron chi connectivity index (χ3n) is 5.67. The molecule has 0 saturated heterocycles. The summed E-state index contributed by atoms with van der Waals surface area (Å²) in [6, 6.07) is 5.53. The van der Waals surface area contributed by atoms with E-state index in [0.29, 0.717) is 10.9 Å². The molecule has 3 aliphatic carbocycles. The van der Waals surface area contributed by atoms with Crippen molar-refractivity contribution in [2.24, 2.45) is 29.6 Å². The molecule has 0 aromatic heterocycles. The second-order valence-electron chi connectivity index (χ2n) is 6.40. The summed E-state index contributed by atoms with van der Waals surface area (Å²) in [5.41, 5.74) is 0.869. The second kappa shape index (κ2) is 4.13. The summed E-state index contributed by atoms with van der Waals surface area (Å²) in [6.07, 6.45) is 3.75. The van der Waals surface area contributed by atoms with Gasteiger partial charge in [0.15, 0.2) is 0 Å². The average molecular weight is 279 g/mol. The van der Waals surface area contributed by atoms with Crippen LogP contribution < -0.4 is 4.74 Å². The topological polar surface area (TPSA) is 29.5 Å². The van der Waals surface area contributed by atoms with Gasteiger partial charge in [-0.25, -0.2) is 0 Å². The van der Waals surface area contributed by atoms with Crippen LogP contribution >= 0.6 is 11.6 Å². The zero-order chi connectivity index (χ0) is 13.1. The summed E-state index contributed by atoms with van der Waals surface area (Å²) in [6.45, 7) is 0. The van der Waals surface area contributed by atoms with Gasteiger partial charge in [0.05, 0.1) is 13.2 Å². The number of aliphatic hydroxyl groups excluding tert-OH is 1. The van der Waals surface area contributed by atoms with Crippen LogP contribution in [-0.2, 0) is 0 Å². The Labute approximate surface area is 118 Å². The molecule has 3 heteroatoms. The molecular weight excluding hydrogens is 260 g/mol. The minimum atomic E-state index is -0.410. The molecule has 3 fully saturated rings. The van der Waals surface area contributed by atoms with Gasteiger partial charge in [0, 0.05) is 10.6 Å². The van der Waals surface area contributed by atoms with Crippen LogP contribution in [0.25, 0.3) is 0 Å². The van der Waals surface area contributed by atoms with E-state index < -0.39 is 6.10 Å². The number of hydrogen-bond acceptors (Lipinski definition) is 2. The highest BCUT2D eigenvalue weighted by molar-refractivity contribution is 6.30. The van der Waals surface area contributed by atoms with Crippen molar-refractivity contribution >= 4 is 11.6 Å². The van der Waals surface area contributed by atoms with E-state index in [1.54, 1.807) is 7.11 Å². The Bertz CT molecular complexity index is 499. The van der Waals surface area contributed by atoms with Gasteiger partial charge in [-0.2, -0.15) is 0 Å². The number of rotatable bonds is 3. The van der Waals surface area contributed by atoms with E-state index >= 15 is 0 Å². The fraction of sp³-hybridized carbons (Fsp3) is 0.625. The van der Waals surface area contributed by atoms with Gasteiger partial charge in [-0.05, 0) is 67.1 Å². The first-order chi connectivity index (χ1) is 9.20. The number of methoxy groups -OCH3 is 1. The SMILES string of the molecule is COc1ccc(Cl)cc1C(O)C1C2C3CCC(C3)C21. The second-order valence-corrected chi connectivity index (χ2v) is 6.83. The third-order valence-corrected chi connectivity index (χ3v) is 5.90. The molecule has 2 bridgehead atoms. The van der Waals surface area contributed by atoms with Crippen LogP contribution in [0.3, 0.4) is 0 Å². The van der Waals surface area contributed by atoms with Crippen LogP contribution in [0.15, 0.2) is 18.2 Å². The average Bonchev–Trinajstić information content (AvgIpc) is 2.85. The van der Waals surface area contributed by atoms with E-state index in [1.165, 1.54) is 19.3 Å². The molecule has 1 N–H and O–H groups in total. The van der Waals surface area contributed by atoms with Gasteiger partial charge in [-0.15, -0.1) is 0 Å². The Kier molecular flexibility index (Phi) is 2.62. The quantitative estimate of drug-likeness (QED) is 0.914. The van der Waals surface area contributed by atoms with Crippen molar-refractivity contribution in [1.29, 1.82) is 0 Å². The van der Waals surface area contributed by atoms with Crippen molar-refractivity contribution in [1.82, 2.24) is 0 Å². The van der Waals surface area contributed by atoms with Crippen LogP contribution in [0, 0.1) is 29.6 Å². The standard InChI is InChI=1S/C16H19ClO2/c1-19-12-5-4-10(17)7-11(12)16(18)15-13-8-2-3-9(6-8)14(13)15/h4-5,7-9,13-16,18H,2-3,6H2,1H3. The van der Waals surface area contributed by atoms with E-state index in [1.807, 2.05) is 18.2 Å². The molecule has 0 radical (unpaired) electrons. The summed E-state index contributed by atoms with van der Waals surface area (Å²) in [5.74, 6) is 4.47. The van der Waals surface area contributed by atoms with Crippen molar-refractivity contribution in [3.8, 4) is 5.75 Å². The molecule has 0 amide bonds. The number of aliphatic hydroxyl groups is 1. The first-order valence-corrected chi connectivity index (χ1v) is 7.60. The fourth-order valence-electron chi connectivity index (χ4n) is 4.96. The lowest BCUT2D eigenvalue weighted by Gasteiger charge is -2.18. The molecule has 0 heterocycles. The molecular formula is C16H19ClO2. The lowest BCUT2D eigenvalue weighted by Crippen LogP contribution is -2.09. The molecule has 1 aromatic rings. The number of ether oxygens (including phenoxy) is 1. The highest BCUT2D eigenvalue weighted by Gasteiger charge is 2.66. The molecule has 19 heavy (non-hydrogen) atoms. The van der Waals surface area contributed by atoms with Crippen molar-refractivity contribution in [2.75, 3.05) is 7.11 Å². The van der Waals surface area contributed by atoms with Gasteiger partial charge < -0.3 is 9.84 Å². The third kappa shape index (κ3) is 1.66. The van der Waals surface area contributed by atoms with Gasteiger partial charge in [-0.1, -0.05) is 11.6 Å². The Morgan fingerprint density at radius 1 is 1.26 bits per heavy atom. The molecule has 2 nitrogen and oxygen atoms in total. The Morgan fingerprint density at radius 3 is 2.58 bits per heavy atom. The number of fused-ring (bicyclic) bond motifs is 5. The summed E-state index contributed by atoms with van der Waals surface area (Å²) in [5, 5.41) is 11.4. The lowest BCUT2D eigenvalue weighted by molar-refractivity contribution is 0.127.